The molecule has 1 heterocycles. The van der Waals surface area contributed by atoms with Gasteiger partial charge in [-0.25, -0.2) is 0 Å². The Kier molecular flexibility index (Phi) is 7.04. The lowest BCUT2D eigenvalue weighted by atomic mass is 10.1. The minimum Gasteiger partial charge on any atom is -0.481 e. The molecule has 0 radical (unpaired) electrons. The third-order valence-corrected chi connectivity index (χ3v) is 4.21. The summed E-state index contributed by atoms with van der Waals surface area (Å²) in [6.45, 7) is 5.35. The van der Waals surface area contributed by atoms with Gasteiger partial charge in [0.05, 0.1) is 5.75 Å². The number of unbranched alkanes of at least 4 members (excludes halogenated alkanes) is 1. The van der Waals surface area contributed by atoms with Crippen molar-refractivity contribution in [3.63, 3.8) is 0 Å². The Morgan fingerprint density at radius 1 is 1.44 bits per heavy atom. The van der Waals surface area contributed by atoms with Crippen LogP contribution in [0.4, 0.5) is 5.13 Å². The van der Waals surface area contributed by atoms with Crippen LogP contribution in [-0.4, -0.2) is 33.6 Å². The zero-order chi connectivity index (χ0) is 13.4. The molecule has 7 heteroatoms. The number of carboxylic acids is 1. The van der Waals surface area contributed by atoms with Gasteiger partial charge in [-0.2, -0.15) is 0 Å². The summed E-state index contributed by atoms with van der Waals surface area (Å²) in [6, 6.07) is 0. The van der Waals surface area contributed by atoms with Crippen molar-refractivity contribution in [1.82, 2.24) is 10.2 Å². The fraction of sp³-hybridized carbons (Fsp3) is 0.727. The largest absolute Gasteiger partial charge is 0.481 e. The molecule has 1 rings (SSSR count). The third kappa shape index (κ3) is 6.80. The van der Waals surface area contributed by atoms with E-state index in [0.717, 1.165) is 24.0 Å². The molecule has 5 nitrogen and oxygen atoms in total. The highest BCUT2D eigenvalue weighted by Gasteiger charge is 2.06. The number of rotatable bonds is 9. The molecule has 0 aromatic carbocycles. The highest BCUT2D eigenvalue weighted by atomic mass is 32.2. The minimum absolute atomic E-state index is 0.0308. The van der Waals surface area contributed by atoms with Crippen molar-refractivity contribution in [2.75, 3.05) is 17.6 Å². The second kappa shape index (κ2) is 8.31. The van der Waals surface area contributed by atoms with Gasteiger partial charge < -0.3 is 10.4 Å². The van der Waals surface area contributed by atoms with Crippen LogP contribution in [0.15, 0.2) is 4.34 Å². The summed E-state index contributed by atoms with van der Waals surface area (Å²) in [5, 5.41) is 20.4. The molecule has 0 saturated heterocycles. The van der Waals surface area contributed by atoms with E-state index in [0.29, 0.717) is 4.34 Å². The normalized spacial score (nSPS) is 10.8. The molecular formula is C11H19N3O2S2. The van der Waals surface area contributed by atoms with Crippen molar-refractivity contribution in [3.8, 4) is 0 Å². The first-order valence-electron chi connectivity index (χ1n) is 6.00. The van der Waals surface area contributed by atoms with Gasteiger partial charge in [0.2, 0.25) is 5.13 Å². The van der Waals surface area contributed by atoms with E-state index in [2.05, 4.69) is 29.4 Å². The van der Waals surface area contributed by atoms with Crippen LogP contribution in [0.1, 0.15) is 33.1 Å². The van der Waals surface area contributed by atoms with Crippen LogP contribution in [0.25, 0.3) is 0 Å². The van der Waals surface area contributed by atoms with Gasteiger partial charge in [0.25, 0.3) is 0 Å². The summed E-state index contributed by atoms with van der Waals surface area (Å²) < 4.78 is 0.696. The van der Waals surface area contributed by atoms with Crippen LogP contribution in [-0.2, 0) is 4.79 Å². The number of aromatic nitrogens is 2. The molecule has 0 spiro atoms. The highest BCUT2D eigenvalue weighted by Crippen LogP contribution is 2.25. The van der Waals surface area contributed by atoms with Crippen LogP contribution in [0.5, 0.6) is 0 Å². The standard InChI is InChI=1S/C11H19N3O2S2/c1-8(2)5-3-4-6-12-10-13-14-11(18-10)17-7-9(15)16/h8H,3-7H2,1-2H3,(H,12,13)(H,15,16). The van der Waals surface area contributed by atoms with Gasteiger partial charge in [-0.1, -0.05) is 49.8 Å². The summed E-state index contributed by atoms with van der Waals surface area (Å²) in [5.74, 6) is -0.0489. The molecule has 1 aromatic rings. The van der Waals surface area contributed by atoms with Crippen molar-refractivity contribution in [3.05, 3.63) is 0 Å². The summed E-state index contributed by atoms with van der Waals surface area (Å²) in [4.78, 5) is 10.4. The fourth-order valence-corrected chi connectivity index (χ4v) is 2.83. The van der Waals surface area contributed by atoms with E-state index in [1.54, 1.807) is 0 Å². The number of carbonyl (C=O) groups is 1. The first-order chi connectivity index (χ1) is 8.58. The van der Waals surface area contributed by atoms with Gasteiger partial charge in [-0.15, -0.1) is 10.2 Å². The van der Waals surface area contributed by atoms with E-state index in [4.69, 9.17) is 5.11 Å². The molecule has 0 amide bonds. The van der Waals surface area contributed by atoms with E-state index in [-0.39, 0.29) is 5.75 Å². The number of nitrogens with zero attached hydrogens (tertiary/aromatic N) is 2. The summed E-state index contributed by atoms with van der Waals surface area (Å²) >= 11 is 2.61. The minimum atomic E-state index is -0.835. The summed E-state index contributed by atoms with van der Waals surface area (Å²) in [7, 11) is 0. The van der Waals surface area contributed by atoms with Gasteiger partial charge in [0, 0.05) is 6.54 Å². The SMILES string of the molecule is CC(C)CCCCNc1nnc(SCC(=O)O)s1. The van der Waals surface area contributed by atoms with Gasteiger partial charge in [-0.05, 0) is 12.3 Å². The predicted octanol–water partition coefficient (Wildman–Crippen LogP) is 2.95. The van der Waals surface area contributed by atoms with E-state index < -0.39 is 5.97 Å². The summed E-state index contributed by atoms with van der Waals surface area (Å²) in [6.07, 6.45) is 3.58. The maximum Gasteiger partial charge on any atom is 0.313 e. The van der Waals surface area contributed by atoms with Crippen LogP contribution < -0.4 is 5.32 Å². The van der Waals surface area contributed by atoms with E-state index in [9.17, 15) is 4.79 Å². The Labute approximate surface area is 115 Å². The number of aliphatic carboxylic acids is 1. The van der Waals surface area contributed by atoms with Crippen LogP contribution in [0, 0.1) is 5.92 Å². The molecule has 0 saturated carbocycles. The van der Waals surface area contributed by atoms with Gasteiger partial charge in [0.1, 0.15) is 0 Å². The summed E-state index contributed by atoms with van der Waals surface area (Å²) in [5.41, 5.74) is 0. The molecule has 0 aliphatic carbocycles. The Bertz CT molecular complexity index is 369. The number of hydrogen-bond acceptors (Lipinski definition) is 6. The lowest BCUT2D eigenvalue weighted by molar-refractivity contribution is -0.133. The number of carboxylic acid groups (broad SMARTS) is 1. The molecule has 0 aliphatic heterocycles. The third-order valence-electron chi connectivity index (χ3n) is 2.21. The second-order valence-electron chi connectivity index (χ2n) is 4.37. The zero-order valence-corrected chi connectivity index (χ0v) is 12.3. The Hall–Kier alpha value is -0.820. The smallest absolute Gasteiger partial charge is 0.313 e. The predicted molar refractivity (Wildman–Crippen MR) is 75.4 cm³/mol. The van der Waals surface area contributed by atoms with Crippen molar-refractivity contribution in [2.45, 2.75) is 37.4 Å². The van der Waals surface area contributed by atoms with Crippen LogP contribution in [0.3, 0.4) is 0 Å². The molecule has 0 fully saturated rings. The second-order valence-corrected chi connectivity index (χ2v) is 6.57. The van der Waals surface area contributed by atoms with Crippen molar-refractivity contribution >= 4 is 34.2 Å². The van der Waals surface area contributed by atoms with E-state index in [1.165, 1.54) is 35.9 Å². The average molecular weight is 289 g/mol. The molecule has 0 aliphatic rings. The molecule has 102 valence electrons. The average Bonchev–Trinajstić information content (AvgIpc) is 2.73. The quantitative estimate of drug-likeness (QED) is 0.538. The van der Waals surface area contributed by atoms with Gasteiger partial charge >= 0.3 is 5.97 Å². The zero-order valence-electron chi connectivity index (χ0n) is 10.7. The maximum absolute atomic E-state index is 10.4. The van der Waals surface area contributed by atoms with Gasteiger partial charge in [-0.3, -0.25) is 4.79 Å². The number of anilines is 1. The molecule has 0 unspecified atom stereocenters. The van der Waals surface area contributed by atoms with Crippen LogP contribution >= 0.6 is 23.1 Å². The van der Waals surface area contributed by atoms with Crippen molar-refractivity contribution < 1.29 is 9.90 Å². The molecule has 0 bridgehead atoms. The Balaban J connectivity index is 2.17. The topological polar surface area (TPSA) is 75.1 Å². The van der Waals surface area contributed by atoms with Gasteiger partial charge in [0.15, 0.2) is 4.34 Å². The fourth-order valence-electron chi connectivity index (χ4n) is 1.34. The molecule has 0 atom stereocenters. The number of hydrogen-bond donors (Lipinski definition) is 2. The lowest BCUT2D eigenvalue weighted by Gasteiger charge is -2.04. The molecule has 18 heavy (non-hydrogen) atoms. The first-order valence-corrected chi connectivity index (χ1v) is 7.80. The first kappa shape index (κ1) is 15.2. The Morgan fingerprint density at radius 2 is 2.22 bits per heavy atom. The lowest BCUT2D eigenvalue weighted by Crippen LogP contribution is -2.01. The van der Waals surface area contributed by atoms with Crippen molar-refractivity contribution in [2.24, 2.45) is 5.92 Å². The maximum atomic E-state index is 10.4. The van der Waals surface area contributed by atoms with E-state index in [1.807, 2.05) is 0 Å². The number of nitrogens with one attached hydrogen (secondary N) is 1. The Morgan fingerprint density at radius 3 is 2.89 bits per heavy atom. The van der Waals surface area contributed by atoms with E-state index >= 15 is 0 Å². The monoisotopic (exact) mass is 289 g/mol. The highest BCUT2D eigenvalue weighted by molar-refractivity contribution is 8.01. The van der Waals surface area contributed by atoms with Crippen LogP contribution in [0.2, 0.25) is 0 Å². The molecule has 2 N–H and O–H groups in total. The molecular weight excluding hydrogens is 270 g/mol. The van der Waals surface area contributed by atoms with Crippen molar-refractivity contribution in [1.29, 1.82) is 0 Å². The number of thioether (sulfide) groups is 1. The molecule has 1 aromatic heterocycles.